The largest absolute Gasteiger partial charge is 0.497 e. The van der Waals surface area contributed by atoms with Crippen molar-refractivity contribution < 1.29 is 9.53 Å². The molecule has 2 aromatic heterocycles. The fourth-order valence-corrected chi connectivity index (χ4v) is 4.81. The number of anilines is 1. The predicted octanol–water partition coefficient (Wildman–Crippen LogP) is 3.93. The van der Waals surface area contributed by atoms with Gasteiger partial charge in [-0.2, -0.15) is 10.1 Å². The highest BCUT2D eigenvalue weighted by molar-refractivity contribution is 7.22. The second-order valence-corrected chi connectivity index (χ2v) is 8.92. The van der Waals surface area contributed by atoms with Crippen molar-refractivity contribution in [1.82, 2.24) is 20.1 Å². The van der Waals surface area contributed by atoms with Gasteiger partial charge < -0.3 is 15.0 Å². The highest BCUT2D eigenvalue weighted by atomic mass is 32.1. The summed E-state index contributed by atoms with van der Waals surface area (Å²) in [5.74, 6) is 0.988. The normalized spacial score (nSPS) is 17.9. The number of nitrogens with zero attached hydrogens (tertiary/aromatic N) is 4. The molecule has 3 aromatic rings. The molecule has 0 spiro atoms. The summed E-state index contributed by atoms with van der Waals surface area (Å²) in [6, 6.07) is 8.04. The molecule has 0 unspecified atom stereocenters. The van der Waals surface area contributed by atoms with Crippen LogP contribution in [0.25, 0.3) is 16.0 Å². The van der Waals surface area contributed by atoms with Crippen molar-refractivity contribution in [2.75, 3.05) is 25.1 Å². The first-order valence-corrected chi connectivity index (χ1v) is 11.4. The number of benzene rings is 1. The van der Waals surface area contributed by atoms with E-state index in [1.165, 1.54) is 0 Å². The highest BCUT2D eigenvalue weighted by Gasteiger charge is 2.28. The molecule has 1 amide bonds. The van der Waals surface area contributed by atoms with Crippen LogP contribution in [-0.4, -0.2) is 46.9 Å². The third kappa shape index (κ3) is 4.01. The molecule has 0 radical (unpaired) electrons. The number of carbonyl (C=O) groups excluding carboxylic acids is 1. The van der Waals surface area contributed by atoms with E-state index in [0.717, 1.165) is 58.4 Å². The van der Waals surface area contributed by atoms with Crippen molar-refractivity contribution in [3.05, 3.63) is 30.0 Å². The molecule has 1 saturated heterocycles. The summed E-state index contributed by atoms with van der Waals surface area (Å²) in [5.41, 5.74) is 2.78. The lowest BCUT2D eigenvalue weighted by Crippen LogP contribution is -2.45. The fourth-order valence-electron chi connectivity index (χ4n) is 3.79. The van der Waals surface area contributed by atoms with Gasteiger partial charge in [0.25, 0.3) is 0 Å². The van der Waals surface area contributed by atoms with Crippen LogP contribution in [0.4, 0.5) is 5.13 Å². The summed E-state index contributed by atoms with van der Waals surface area (Å²) >= 11 is 1.66. The van der Waals surface area contributed by atoms with Crippen LogP contribution in [0, 0.1) is 12.8 Å². The second kappa shape index (κ2) is 8.63. The third-order valence-corrected chi connectivity index (χ3v) is 6.97. The number of aromatic nitrogens is 3. The molecule has 0 aliphatic carbocycles. The van der Waals surface area contributed by atoms with E-state index in [0.29, 0.717) is 6.54 Å². The molecule has 1 aliphatic rings. The minimum Gasteiger partial charge on any atom is -0.497 e. The lowest BCUT2D eigenvalue weighted by molar-refractivity contribution is -0.125. The second-order valence-electron chi connectivity index (χ2n) is 7.95. The maximum Gasteiger partial charge on any atom is 0.225 e. The number of amides is 1. The summed E-state index contributed by atoms with van der Waals surface area (Å²) < 4.78 is 8.24. The Morgan fingerprint density at radius 2 is 2.13 bits per heavy atom. The van der Waals surface area contributed by atoms with Crippen LogP contribution < -0.4 is 15.0 Å². The minimum atomic E-state index is 0.0129. The molecule has 4 rings (SSSR count). The molecular formula is C22H29N5O2S. The van der Waals surface area contributed by atoms with Crippen LogP contribution >= 0.6 is 11.3 Å². The number of hydrogen-bond donors (Lipinski definition) is 1. The average molecular weight is 428 g/mol. The van der Waals surface area contributed by atoms with Crippen molar-refractivity contribution in [3.8, 4) is 11.4 Å². The number of carbonyl (C=O) groups is 1. The van der Waals surface area contributed by atoms with Crippen LogP contribution in [0.1, 0.15) is 38.8 Å². The molecule has 0 saturated carbocycles. The molecule has 30 heavy (non-hydrogen) atoms. The SMILES string of the molecule is CC[C@@H](C)NC(=O)[C@@H]1CCCN(c2nc3c(s2)c(C)nn3-c2ccc(OC)cc2)C1. The summed E-state index contributed by atoms with van der Waals surface area (Å²) in [4.78, 5) is 19.8. The minimum absolute atomic E-state index is 0.0129. The van der Waals surface area contributed by atoms with Gasteiger partial charge in [0.15, 0.2) is 10.8 Å². The van der Waals surface area contributed by atoms with Gasteiger partial charge in [-0.15, -0.1) is 0 Å². The Kier molecular flexibility index (Phi) is 5.94. The first-order chi connectivity index (χ1) is 14.5. The van der Waals surface area contributed by atoms with Crippen LogP contribution in [0.5, 0.6) is 5.75 Å². The maximum absolute atomic E-state index is 12.6. The molecule has 1 N–H and O–H groups in total. The van der Waals surface area contributed by atoms with E-state index in [4.69, 9.17) is 9.72 Å². The summed E-state index contributed by atoms with van der Waals surface area (Å²) in [7, 11) is 1.66. The zero-order valence-corrected chi connectivity index (χ0v) is 18.8. The molecule has 3 heterocycles. The fraction of sp³-hybridized carbons (Fsp3) is 0.500. The molecular weight excluding hydrogens is 398 g/mol. The Bertz CT molecular complexity index is 1030. The highest BCUT2D eigenvalue weighted by Crippen LogP contribution is 2.34. The molecule has 2 atom stereocenters. The van der Waals surface area contributed by atoms with Crippen LogP contribution in [0.2, 0.25) is 0 Å². The number of fused-ring (bicyclic) bond motifs is 1. The summed E-state index contributed by atoms with van der Waals surface area (Å²) in [5, 5.41) is 8.79. The number of rotatable bonds is 6. The topological polar surface area (TPSA) is 72.3 Å². The number of nitrogens with one attached hydrogen (secondary N) is 1. The third-order valence-electron chi connectivity index (χ3n) is 5.76. The van der Waals surface area contributed by atoms with Gasteiger partial charge in [0, 0.05) is 19.1 Å². The standard InChI is InChI=1S/C22H29N5O2S/c1-5-14(2)23-21(28)16-7-6-12-26(13-16)22-24-20-19(30-22)15(3)25-27(20)17-8-10-18(29-4)11-9-17/h8-11,14,16H,5-7,12-13H2,1-4H3,(H,23,28)/t14-,16-/m1/s1. The maximum atomic E-state index is 12.6. The summed E-state index contributed by atoms with van der Waals surface area (Å²) in [6.45, 7) is 7.81. The molecule has 7 nitrogen and oxygen atoms in total. The molecule has 0 bridgehead atoms. The molecule has 1 fully saturated rings. The van der Waals surface area contributed by atoms with Gasteiger partial charge in [-0.05, 0) is 57.4 Å². The van der Waals surface area contributed by atoms with Crippen molar-refractivity contribution in [2.24, 2.45) is 5.92 Å². The van der Waals surface area contributed by atoms with Crippen LogP contribution in [0.15, 0.2) is 24.3 Å². The number of hydrogen-bond acceptors (Lipinski definition) is 6. The van der Waals surface area contributed by atoms with E-state index >= 15 is 0 Å². The predicted molar refractivity (Wildman–Crippen MR) is 121 cm³/mol. The quantitative estimate of drug-likeness (QED) is 0.645. The van der Waals surface area contributed by atoms with Gasteiger partial charge in [-0.1, -0.05) is 18.3 Å². The average Bonchev–Trinajstić information content (AvgIpc) is 3.34. The van der Waals surface area contributed by atoms with Gasteiger partial charge in [0.2, 0.25) is 5.91 Å². The number of thiazole rings is 1. The molecule has 160 valence electrons. The molecule has 8 heteroatoms. The Hall–Kier alpha value is -2.61. The molecule has 1 aromatic carbocycles. The van der Waals surface area contributed by atoms with Crippen LogP contribution in [-0.2, 0) is 4.79 Å². The van der Waals surface area contributed by atoms with Crippen molar-refractivity contribution in [1.29, 1.82) is 0 Å². The Labute approximate surface area is 181 Å². The first kappa shape index (κ1) is 20.7. The number of aryl methyl sites for hydroxylation is 1. The van der Waals surface area contributed by atoms with Gasteiger partial charge in [0.05, 0.1) is 29.1 Å². The van der Waals surface area contributed by atoms with Crippen LogP contribution in [0.3, 0.4) is 0 Å². The van der Waals surface area contributed by atoms with E-state index in [2.05, 4.69) is 29.2 Å². The zero-order valence-electron chi connectivity index (χ0n) is 18.0. The zero-order chi connectivity index (χ0) is 21.3. The van der Waals surface area contributed by atoms with Gasteiger partial charge in [0.1, 0.15) is 5.75 Å². The Morgan fingerprint density at radius 3 is 2.83 bits per heavy atom. The van der Waals surface area contributed by atoms with Crippen molar-refractivity contribution in [2.45, 2.75) is 46.1 Å². The first-order valence-electron chi connectivity index (χ1n) is 10.6. The smallest absolute Gasteiger partial charge is 0.225 e. The van der Waals surface area contributed by atoms with E-state index in [1.807, 2.05) is 35.9 Å². The summed E-state index contributed by atoms with van der Waals surface area (Å²) in [6.07, 6.45) is 2.88. The van der Waals surface area contributed by atoms with Crippen molar-refractivity contribution >= 4 is 32.7 Å². The van der Waals surface area contributed by atoms with E-state index in [-0.39, 0.29) is 17.9 Å². The monoisotopic (exact) mass is 427 g/mol. The van der Waals surface area contributed by atoms with Gasteiger partial charge in [-0.3, -0.25) is 4.79 Å². The van der Waals surface area contributed by atoms with E-state index in [9.17, 15) is 4.79 Å². The van der Waals surface area contributed by atoms with Gasteiger partial charge in [-0.25, -0.2) is 4.68 Å². The Morgan fingerprint density at radius 1 is 1.37 bits per heavy atom. The lowest BCUT2D eigenvalue weighted by atomic mass is 9.97. The van der Waals surface area contributed by atoms with Crippen molar-refractivity contribution in [3.63, 3.8) is 0 Å². The van der Waals surface area contributed by atoms with Gasteiger partial charge >= 0.3 is 0 Å². The van der Waals surface area contributed by atoms with E-state index < -0.39 is 0 Å². The number of piperidine rings is 1. The molecule has 1 aliphatic heterocycles. The Balaban J connectivity index is 1.58. The number of methoxy groups -OCH3 is 1. The van der Waals surface area contributed by atoms with E-state index in [1.54, 1.807) is 18.4 Å². The lowest BCUT2D eigenvalue weighted by Gasteiger charge is -2.32. The number of ether oxygens (including phenoxy) is 1.